The molecular weight excluding hydrogens is 476 g/mol. The lowest BCUT2D eigenvalue weighted by atomic mass is 9.92. The normalized spacial score (nSPS) is 11.9. The molecule has 0 aliphatic rings. The molecule has 184 valence electrons. The molecule has 0 N–H and O–H groups in total. The summed E-state index contributed by atoms with van der Waals surface area (Å²) < 4.78 is 13.9. The van der Waals surface area contributed by atoms with E-state index in [9.17, 15) is 14.4 Å². The molecule has 0 amide bonds. The maximum Gasteiger partial charge on any atom is 0.322 e. The summed E-state index contributed by atoms with van der Waals surface area (Å²) in [6, 6.07) is 24.2. The molecule has 0 saturated carbocycles. The number of hydrogen-bond acceptors (Lipinski definition) is 6. The third-order valence-corrected chi connectivity index (χ3v) is 6.20. The van der Waals surface area contributed by atoms with Crippen molar-refractivity contribution in [2.75, 3.05) is 13.2 Å². The Balaban J connectivity index is 2.13. The SMILES string of the molecule is CCOC(=O)C(C(=O)OCC)[C@H](c1ccccc1)n1c(=S)n(-c2ccccc2)c(=O)c2ccccc21. The van der Waals surface area contributed by atoms with E-state index >= 15 is 0 Å². The van der Waals surface area contributed by atoms with Crippen LogP contribution in [0.4, 0.5) is 0 Å². The molecule has 8 heteroatoms. The van der Waals surface area contributed by atoms with Gasteiger partial charge in [0.2, 0.25) is 0 Å². The van der Waals surface area contributed by atoms with Crippen LogP contribution >= 0.6 is 12.2 Å². The summed E-state index contributed by atoms with van der Waals surface area (Å²) in [6.07, 6.45) is 0. The second-order valence-electron chi connectivity index (χ2n) is 7.98. The van der Waals surface area contributed by atoms with Crippen LogP contribution in [0.3, 0.4) is 0 Å². The Hall–Kier alpha value is -4.04. The van der Waals surface area contributed by atoms with Gasteiger partial charge < -0.3 is 14.0 Å². The number of rotatable bonds is 8. The zero-order valence-corrected chi connectivity index (χ0v) is 20.8. The molecule has 0 aliphatic heterocycles. The van der Waals surface area contributed by atoms with Crippen LogP contribution in [0.2, 0.25) is 0 Å². The zero-order chi connectivity index (χ0) is 25.7. The van der Waals surface area contributed by atoms with E-state index < -0.39 is 23.9 Å². The number of benzene rings is 3. The smallest absolute Gasteiger partial charge is 0.322 e. The van der Waals surface area contributed by atoms with Crippen LogP contribution in [-0.2, 0) is 19.1 Å². The van der Waals surface area contributed by atoms with Gasteiger partial charge in [-0.25, -0.2) is 0 Å². The fraction of sp³-hybridized carbons (Fsp3) is 0.214. The second kappa shape index (κ2) is 11.1. The molecule has 1 aromatic heterocycles. The lowest BCUT2D eigenvalue weighted by Crippen LogP contribution is -2.38. The minimum Gasteiger partial charge on any atom is -0.465 e. The molecule has 3 aromatic carbocycles. The third-order valence-electron chi connectivity index (χ3n) is 5.82. The molecule has 1 atom stereocenters. The maximum atomic E-state index is 13.6. The van der Waals surface area contributed by atoms with Gasteiger partial charge in [-0.3, -0.25) is 19.0 Å². The van der Waals surface area contributed by atoms with Crippen LogP contribution in [0.25, 0.3) is 16.6 Å². The van der Waals surface area contributed by atoms with E-state index in [2.05, 4.69) is 0 Å². The molecule has 36 heavy (non-hydrogen) atoms. The first-order valence-corrected chi connectivity index (χ1v) is 12.1. The second-order valence-corrected chi connectivity index (χ2v) is 8.35. The van der Waals surface area contributed by atoms with E-state index in [-0.39, 0.29) is 23.5 Å². The number of para-hydroxylation sites is 2. The Kier molecular flexibility index (Phi) is 7.75. The Morgan fingerprint density at radius 3 is 1.92 bits per heavy atom. The molecule has 0 spiro atoms. The van der Waals surface area contributed by atoms with Crippen LogP contribution in [0.15, 0.2) is 89.7 Å². The lowest BCUT2D eigenvalue weighted by Gasteiger charge is -2.29. The summed E-state index contributed by atoms with van der Waals surface area (Å²) in [5, 5.41) is 0.391. The summed E-state index contributed by atoms with van der Waals surface area (Å²) in [4.78, 5) is 40.2. The first kappa shape index (κ1) is 25.1. The van der Waals surface area contributed by atoms with Gasteiger partial charge in [-0.1, -0.05) is 60.7 Å². The summed E-state index contributed by atoms with van der Waals surface area (Å²) in [5.74, 6) is -2.81. The van der Waals surface area contributed by atoms with Gasteiger partial charge in [0.05, 0.1) is 35.8 Å². The van der Waals surface area contributed by atoms with Gasteiger partial charge in [0.25, 0.3) is 5.56 Å². The van der Waals surface area contributed by atoms with Gasteiger partial charge in [0, 0.05) is 0 Å². The minimum atomic E-state index is -1.36. The van der Waals surface area contributed by atoms with Crippen molar-refractivity contribution in [1.82, 2.24) is 9.13 Å². The highest BCUT2D eigenvalue weighted by molar-refractivity contribution is 7.71. The van der Waals surface area contributed by atoms with Crippen molar-refractivity contribution in [3.05, 3.63) is 106 Å². The van der Waals surface area contributed by atoms with Crippen molar-refractivity contribution >= 4 is 35.1 Å². The van der Waals surface area contributed by atoms with Gasteiger partial charge >= 0.3 is 11.9 Å². The molecule has 7 nitrogen and oxygen atoms in total. The minimum absolute atomic E-state index is 0.0892. The molecule has 4 aromatic rings. The average Bonchev–Trinajstić information content (AvgIpc) is 2.89. The van der Waals surface area contributed by atoms with Crippen molar-refractivity contribution < 1.29 is 19.1 Å². The Labute approximate surface area is 213 Å². The lowest BCUT2D eigenvalue weighted by molar-refractivity contribution is -0.163. The molecule has 4 rings (SSSR count). The van der Waals surface area contributed by atoms with Gasteiger partial charge in [-0.15, -0.1) is 0 Å². The maximum absolute atomic E-state index is 13.6. The Morgan fingerprint density at radius 2 is 1.33 bits per heavy atom. The van der Waals surface area contributed by atoms with E-state index in [0.717, 1.165) is 0 Å². The van der Waals surface area contributed by atoms with Crippen molar-refractivity contribution in [3.8, 4) is 5.69 Å². The average molecular weight is 503 g/mol. The summed E-state index contributed by atoms with van der Waals surface area (Å²) in [5.41, 5.74) is 1.41. The molecule has 0 radical (unpaired) electrons. The number of esters is 2. The first-order chi connectivity index (χ1) is 17.5. The van der Waals surface area contributed by atoms with E-state index in [1.165, 1.54) is 4.57 Å². The summed E-state index contributed by atoms with van der Waals surface area (Å²) in [6.45, 7) is 3.53. The number of carbonyl (C=O) groups is 2. The van der Waals surface area contributed by atoms with Crippen LogP contribution in [0.1, 0.15) is 25.5 Å². The first-order valence-electron chi connectivity index (χ1n) is 11.7. The highest BCUT2D eigenvalue weighted by Gasteiger charge is 2.41. The Bertz CT molecular complexity index is 1480. The number of hydrogen-bond donors (Lipinski definition) is 0. The predicted octanol–water partition coefficient (Wildman–Crippen LogP) is 4.85. The molecular formula is C28H26N2O5S. The van der Waals surface area contributed by atoms with E-state index in [1.54, 1.807) is 54.8 Å². The molecule has 0 unspecified atom stereocenters. The van der Waals surface area contributed by atoms with Gasteiger partial charge in [-0.2, -0.15) is 0 Å². The van der Waals surface area contributed by atoms with Crippen LogP contribution < -0.4 is 5.56 Å². The summed E-state index contributed by atoms with van der Waals surface area (Å²) in [7, 11) is 0. The fourth-order valence-corrected chi connectivity index (χ4v) is 4.72. The van der Waals surface area contributed by atoms with Crippen molar-refractivity contribution in [3.63, 3.8) is 0 Å². The fourth-order valence-electron chi connectivity index (χ4n) is 4.32. The highest BCUT2D eigenvalue weighted by atomic mass is 32.1. The highest BCUT2D eigenvalue weighted by Crippen LogP contribution is 2.32. The van der Waals surface area contributed by atoms with Crippen LogP contribution in [-0.4, -0.2) is 34.3 Å². The molecule has 0 fully saturated rings. The van der Waals surface area contributed by atoms with Gasteiger partial charge in [0.15, 0.2) is 10.7 Å². The number of aromatic nitrogens is 2. The molecule has 1 heterocycles. The monoisotopic (exact) mass is 502 g/mol. The Morgan fingerprint density at radius 1 is 0.806 bits per heavy atom. The molecule has 0 aliphatic carbocycles. The number of nitrogens with zero attached hydrogens (tertiary/aromatic N) is 2. The summed E-state index contributed by atoms with van der Waals surface area (Å²) >= 11 is 5.91. The van der Waals surface area contributed by atoms with Crippen LogP contribution in [0.5, 0.6) is 0 Å². The predicted molar refractivity (Wildman–Crippen MR) is 140 cm³/mol. The number of carbonyl (C=O) groups excluding carboxylic acids is 2. The van der Waals surface area contributed by atoms with Crippen molar-refractivity contribution in [2.24, 2.45) is 5.92 Å². The van der Waals surface area contributed by atoms with Crippen molar-refractivity contribution in [2.45, 2.75) is 19.9 Å². The third kappa shape index (κ3) is 4.72. The van der Waals surface area contributed by atoms with Gasteiger partial charge in [-0.05, 0) is 55.9 Å². The van der Waals surface area contributed by atoms with Crippen molar-refractivity contribution in [1.29, 1.82) is 0 Å². The molecule has 0 saturated heterocycles. The van der Waals surface area contributed by atoms with Gasteiger partial charge in [0.1, 0.15) is 0 Å². The van der Waals surface area contributed by atoms with E-state index in [0.29, 0.717) is 22.2 Å². The number of ether oxygens (including phenoxy) is 2. The molecule has 0 bridgehead atoms. The topological polar surface area (TPSA) is 79.5 Å². The van der Waals surface area contributed by atoms with E-state index in [4.69, 9.17) is 21.7 Å². The quantitative estimate of drug-likeness (QED) is 0.195. The largest absolute Gasteiger partial charge is 0.465 e. The van der Waals surface area contributed by atoms with Crippen LogP contribution in [0, 0.1) is 10.7 Å². The number of fused-ring (bicyclic) bond motifs is 1. The van der Waals surface area contributed by atoms with E-state index in [1.807, 2.05) is 48.5 Å². The zero-order valence-electron chi connectivity index (χ0n) is 20.0. The standard InChI is InChI=1S/C28H26N2O5S/c1-3-34-26(32)23(27(33)35-4-2)24(19-13-7-5-8-14-19)30-22-18-12-11-17-21(22)25(31)29(28(30)36)20-15-9-6-10-16-20/h5-18,23-24H,3-4H2,1-2H3/t24-/m0/s1.